The SMILES string of the molecule is C=CC(=O)N1CCC2(CC(n3c(NC(=O)c4ccc(C5=NCC=C5)s4)nc4ccccc43)C2)C1. The molecule has 1 spiro atoms. The predicted octanol–water partition coefficient (Wildman–Crippen LogP) is 4.45. The van der Waals surface area contributed by atoms with Crippen molar-refractivity contribution in [1.82, 2.24) is 14.5 Å². The molecule has 1 saturated heterocycles. The van der Waals surface area contributed by atoms with Gasteiger partial charge in [-0.25, -0.2) is 4.98 Å². The molecule has 3 aliphatic rings. The molecule has 7 nitrogen and oxygen atoms in total. The second kappa shape index (κ2) is 8.06. The Morgan fingerprint density at radius 1 is 1.21 bits per heavy atom. The number of carbonyl (C=O) groups excluding carboxylic acids is 2. The number of rotatable bonds is 5. The quantitative estimate of drug-likeness (QED) is 0.559. The molecule has 2 aliphatic heterocycles. The summed E-state index contributed by atoms with van der Waals surface area (Å²) in [6.07, 6.45) is 8.34. The van der Waals surface area contributed by atoms with Crippen molar-refractivity contribution in [2.75, 3.05) is 25.0 Å². The average Bonchev–Trinajstić information content (AvgIpc) is 3.62. The van der Waals surface area contributed by atoms with Crippen molar-refractivity contribution < 1.29 is 9.59 Å². The first-order valence-electron chi connectivity index (χ1n) is 11.6. The zero-order valence-electron chi connectivity index (χ0n) is 18.7. The van der Waals surface area contributed by atoms with Crippen molar-refractivity contribution in [1.29, 1.82) is 0 Å². The predicted molar refractivity (Wildman–Crippen MR) is 135 cm³/mol. The smallest absolute Gasteiger partial charge is 0.268 e. The van der Waals surface area contributed by atoms with E-state index in [1.54, 1.807) is 0 Å². The molecule has 6 rings (SSSR count). The number of aliphatic imine (C=N–C) groups is 1. The molecule has 0 unspecified atom stereocenters. The highest BCUT2D eigenvalue weighted by Gasteiger charge is 2.50. The summed E-state index contributed by atoms with van der Waals surface area (Å²) >= 11 is 1.44. The summed E-state index contributed by atoms with van der Waals surface area (Å²) in [5.41, 5.74) is 2.96. The van der Waals surface area contributed by atoms with Crippen LogP contribution in [0.25, 0.3) is 11.0 Å². The topological polar surface area (TPSA) is 79.6 Å². The Morgan fingerprint density at radius 2 is 2.06 bits per heavy atom. The van der Waals surface area contributed by atoms with Crippen LogP contribution in [0, 0.1) is 5.41 Å². The molecule has 1 N–H and O–H groups in total. The van der Waals surface area contributed by atoms with Gasteiger partial charge >= 0.3 is 0 Å². The van der Waals surface area contributed by atoms with Crippen LogP contribution in [0.3, 0.4) is 0 Å². The minimum Gasteiger partial charge on any atom is -0.339 e. The van der Waals surface area contributed by atoms with Gasteiger partial charge in [-0.2, -0.15) is 0 Å². The minimum absolute atomic E-state index is 0.00994. The Kier molecular flexibility index (Phi) is 4.99. The fraction of sp³-hybridized carbons (Fsp3) is 0.308. The van der Waals surface area contributed by atoms with E-state index < -0.39 is 0 Å². The van der Waals surface area contributed by atoms with Gasteiger partial charge in [-0.15, -0.1) is 11.3 Å². The molecule has 0 atom stereocenters. The van der Waals surface area contributed by atoms with E-state index in [0.717, 1.165) is 54.0 Å². The van der Waals surface area contributed by atoms with Gasteiger partial charge in [-0.1, -0.05) is 24.8 Å². The lowest BCUT2D eigenvalue weighted by Gasteiger charge is -2.46. The van der Waals surface area contributed by atoms with Gasteiger partial charge in [0.1, 0.15) is 0 Å². The van der Waals surface area contributed by atoms with Gasteiger partial charge in [0.2, 0.25) is 11.9 Å². The van der Waals surface area contributed by atoms with Gasteiger partial charge in [-0.3, -0.25) is 19.9 Å². The number of thiophene rings is 1. The van der Waals surface area contributed by atoms with Gasteiger partial charge in [0, 0.05) is 19.1 Å². The first-order chi connectivity index (χ1) is 16.5. The lowest BCUT2D eigenvalue weighted by molar-refractivity contribution is -0.125. The number of carbonyl (C=O) groups is 2. The number of nitrogens with one attached hydrogen (secondary N) is 1. The van der Waals surface area contributed by atoms with Crippen LogP contribution in [0.2, 0.25) is 0 Å². The van der Waals surface area contributed by atoms with Crippen molar-refractivity contribution in [3.63, 3.8) is 0 Å². The van der Waals surface area contributed by atoms with Crippen LogP contribution >= 0.6 is 11.3 Å². The van der Waals surface area contributed by atoms with Crippen LogP contribution in [-0.4, -0.2) is 51.6 Å². The number of benzene rings is 1. The van der Waals surface area contributed by atoms with Crippen LogP contribution in [0.15, 0.2) is 66.2 Å². The Labute approximate surface area is 201 Å². The summed E-state index contributed by atoms with van der Waals surface area (Å²) in [5.74, 6) is 0.430. The number of amides is 2. The summed E-state index contributed by atoms with van der Waals surface area (Å²) < 4.78 is 2.18. The van der Waals surface area contributed by atoms with Crippen molar-refractivity contribution in [2.45, 2.75) is 25.3 Å². The first kappa shape index (κ1) is 21.0. The zero-order valence-corrected chi connectivity index (χ0v) is 19.6. The number of allylic oxidation sites excluding steroid dienone is 1. The molecular weight excluding hydrogens is 446 g/mol. The van der Waals surface area contributed by atoms with E-state index in [4.69, 9.17) is 4.98 Å². The summed E-state index contributed by atoms with van der Waals surface area (Å²) in [5, 5.41) is 3.07. The van der Waals surface area contributed by atoms with Crippen molar-refractivity contribution in [2.24, 2.45) is 10.4 Å². The minimum atomic E-state index is -0.159. The van der Waals surface area contributed by atoms with E-state index in [1.807, 2.05) is 47.4 Å². The molecule has 1 aromatic carbocycles. The van der Waals surface area contributed by atoms with E-state index in [0.29, 0.717) is 17.4 Å². The number of anilines is 1. The maximum Gasteiger partial charge on any atom is 0.268 e. The summed E-state index contributed by atoms with van der Waals surface area (Å²) in [6.45, 7) is 5.88. The Bertz CT molecular complexity index is 1370. The second-order valence-corrected chi connectivity index (χ2v) is 10.4. The highest BCUT2D eigenvalue weighted by molar-refractivity contribution is 7.16. The van der Waals surface area contributed by atoms with E-state index in [2.05, 4.69) is 27.5 Å². The standard InChI is InChI=1S/C26H25N5O2S/c1-2-23(32)30-13-11-26(16-30)14-17(15-26)31-20-8-4-3-6-18(20)28-25(31)29-24(33)22-10-9-21(34-22)19-7-5-12-27-19/h2-10,17H,1,11-16H2,(H,28,29,33). The summed E-state index contributed by atoms with van der Waals surface area (Å²) in [4.78, 5) is 37.9. The first-order valence-corrected chi connectivity index (χ1v) is 12.4. The van der Waals surface area contributed by atoms with Crippen LogP contribution in [0.5, 0.6) is 0 Å². The van der Waals surface area contributed by atoms with E-state index in [1.165, 1.54) is 17.4 Å². The molecule has 0 bridgehead atoms. The number of nitrogens with zero attached hydrogens (tertiary/aromatic N) is 4. The van der Waals surface area contributed by atoms with Crippen LogP contribution in [0.4, 0.5) is 5.95 Å². The molecule has 4 heterocycles. The number of para-hydroxylation sites is 2. The van der Waals surface area contributed by atoms with Crippen LogP contribution in [-0.2, 0) is 4.79 Å². The zero-order chi connectivity index (χ0) is 23.3. The molecular formula is C26H25N5O2S. The summed E-state index contributed by atoms with van der Waals surface area (Å²) in [6, 6.07) is 12.0. The fourth-order valence-corrected chi connectivity index (χ4v) is 6.39. The monoisotopic (exact) mass is 471 g/mol. The fourth-order valence-electron chi connectivity index (χ4n) is 5.50. The molecule has 2 amide bonds. The highest BCUT2D eigenvalue weighted by Crippen LogP contribution is 2.55. The lowest BCUT2D eigenvalue weighted by Crippen LogP contribution is -2.42. The van der Waals surface area contributed by atoms with Crippen molar-refractivity contribution in [3.05, 3.63) is 71.0 Å². The van der Waals surface area contributed by atoms with Gasteiger partial charge in [0.25, 0.3) is 5.91 Å². The highest BCUT2D eigenvalue weighted by atomic mass is 32.1. The number of likely N-dealkylation sites (tertiary alicyclic amines) is 1. The Morgan fingerprint density at radius 3 is 2.85 bits per heavy atom. The van der Waals surface area contributed by atoms with E-state index in [9.17, 15) is 9.59 Å². The van der Waals surface area contributed by atoms with Gasteiger partial charge in [0.15, 0.2) is 0 Å². The van der Waals surface area contributed by atoms with E-state index in [-0.39, 0.29) is 23.3 Å². The van der Waals surface area contributed by atoms with Crippen molar-refractivity contribution in [3.8, 4) is 0 Å². The van der Waals surface area contributed by atoms with Gasteiger partial charge in [0.05, 0.1) is 33.0 Å². The largest absolute Gasteiger partial charge is 0.339 e. The molecule has 3 aromatic rings. The average molecular weight is 472 g/mol. The maximum absolute atomic E-state index is 13.1. The number of hydrogen-bond acceptors (Lipinski definition) is 5. The lowest BCUT2D eigenvalue weighted by atomic mass is 9.65. The van der Waals surface area contributed by atoms with Gasteiger partial charge in [-0.05, 0) is 61.1 Å². The normalized spacial score (nSPS) is 23.4. The summed E-state index contributed by atoms with van der Waals surface area (Å²) in [7, 11) is 0. The third-order valence-corrected chi connectivity index (χ3v) is 8.28. The van der Waals surface area contributed by atoms with Crippen LogP contribution in [0.1, 0.15) is 39.9 Å². The maximum atomic E-state index is 13.1. The second-order valence-electron chi connectivity index (χ2n) is 9.32. The third-order valence-electron chi connectivity index (χ3n) is 7.17. The van der Waals surface area contributed by atoms with Gasteiger partial charge < -0.3 is 9.47 Å². The number of aromatic nitrogens is 2. The molecule has 8 heteroatoms. The molecule has 34 heavy (non-hydrogen) atoms. The van der Waals surface area contributed by atoms with Crippen LogP contribution < -0.4 is 5.32 Å². The number of imidazole rings is 1. The Hall–Kier alpha value is -3.52. The third kappa shape index (κ3) is 3.49. The number of hydrogen-bond donors (Lipinski definition) is 1. The molecule has 2 fully saturated rings. The van der Waals surface area contributed by atoms with E-state index >= 15 is 0 Å². The molecule has 172 valence electrons. The van der Waals surface area contributed by atoms with Crippen molar-refractivity contribution >= 4 is 45.8 Å². The molecule has 2 aromatic heterocycles. The molecule has 0 radical (unpaired) electrons. The Balaban J connectivity index is 1.24. The number of fused-ring (bicyclic) bond motifs is 1. The molecule has 1 aliphatic carbocycles. The molecule has 1 saturated carbocycles.